The Balaban J connectivity index is 1.65. The topological polar surface area (TPSA) is 67.8 Å². The standard InChI is InChI=1S/C18H19NO4S/c1-24-17-5-3-2-4-13(17)18(21)19-11-14(20)12-6-7-15-16(10-12)23-9-8-22-15/h2-7,10,14,20H,8-9,11H2,1H3,(H,19,21)/t14-/m1/s1. The summed E-state index contributed by atoms with van der Waals surface area (Å²) in [6.45, 7) is 1.15. The van der Waals surface area contributed by atoms with Gasteiger partial charge in [0.1, 0.15) is 13.2 Å². The lowest BCUT2D eigenvalue weighted by molar-refractivity contribution is 0.0913. The molecule has 6 heteroatoms. The van der Waals surface area contributed by atoms with Crippen molar-refractivity contribution < 1.29 is 19.4 Å². The van der Waals surface area contributed by atoms with Crippen LogP contribution in [0.4, 0.5) is 0 Å². The van der Waals surface area contributed by atoms with Gasteiger partial charge in [0, 0.05) is 11.4 Å². The van der Waals surface area contributed by atoms with E-state index in [-0.39, 0.29) is 12.5 Å². The molecule has 1 aliphatic heterocycles. The third-order valence-electron chi connectivity index (χ3n) is 3.76. The first-order chi connectivity index (χ1) is 11.7. The summed E-state index contributed by atoms with van der Waals surface area (Å²) in [6, 6.07) is 12.7. The van der Waals surface area contributed by atoms with Gasteiger partial charge in [0.05, 0.1) is 11.7 Å². The van der Waals surface area contributed by atoms with E-state index in [2.05, 4.69) is 5.32 Å². The largest absolute Gasteiger partial charge is 0.486 e. The van der Waals surface area contributed by atoms with Crippen molar-refractivity contribution in [1.29, 1.82) is 0 Å². The lowest BCUT2D eigenvalue weighted by Gasteiger charge is -2.20. The van der Waals surface area contributed by atoms with E-state index >= 15 is 0 Å². The maximum atomic E-state index is 12.3. The quantitative estimate of drug-likeness (QED) is 0.816. The van der Waals surface area contributed by atoms with Crippen LogP contribution in [0.15, 0.2) is 47.4 Å². The molecule has 1 heterocycles. The van der Waals surface area contributed by atoms with E-state index in [1.165, 1.54) is 11.8 Å². The van der Waals surface area contributed by atoms with Crippen LogP contribution in [0.3, 0.4) is 0 Å². The Kier molecular flexibility index (Phi) is 5.27. The highest BCUT2D eigenvalue weighted by atomic mass is 32.2. The number of amides is 1. The molecule has 1 amide bonds. The number of hydrogen-bond donors (Lipinski definition) is 2. The molecule has 1 aliphatic rings. The van der Waals surface area contributed by atoms with Gasteiger partial charge >= 0.3 is 0 Å². The van der Waals surface area contributed by atoms with E-state index < -0.39 is 6.10 Å². The van der Waals surface area contributed by atoms with Crippen LogP contribution >= 0.6 is 11.8 Å². The molecule has 0 fully saturated rings. The van der Waals surface area contributed by atoms with Crippen molar-refractivity contribution in [2.24, 2.45) is 0 Å². The minimum absolute atomic E-state index is 0.126. The van der Waals surface area contributed by atoms with Crippen LogP contribution in [0.1, 0.15) is 22.0 Å². The fourth-order valence-electron chi connectivity index (χ4n) is 2.50. The highest BCUT2D eigenvalue weighted by Crippen LogP contribution is 2.32. The molecule has 2 N–H and O–H groups in total. The number of aliphatic hydroxyl groups excluding tert-OH is 1. The average Bonchev–Trinajstić information content (AvgIpc) is 2.65. The van der Waals surface area contributed by atoms with Crippen molar-refractivity contribution in [3.05, 3.63) is 53.6 Å². The summed E-state index contributed by atoms with van der Waals surface area (Å²) in [4.78, 5) is 13.2. The van der Waals surface area contributed by atoms with E-state index in [0.717, 1.165) is 4.90 Å². The van der Waals surface area contributed by atoms with E-state index in [1.54, 1.807) is 24.3 Å². The summed E-state index contributed by atoms with van der Waals surface area (Å²) in [5, 5.41) is 13.1. The summed E-state index contributed by atoms with van der Waals surface area (Å²) in [5.41, 5.74) is 1.29. The molecule has 0 spiro atoms. The van der Waals surface area contributed by atoms with Crippen LogP contribution < -0.4 is 14.8 Å². The van der Waals surface area contributed by atoms with E-state index in [1.807, 2.05) is 24.5 Å². The van der Waals surface area contributed by atoms with Crippen molar-refractivity contribution >= 4 is 17.7 Å². The number of ether oxygens (including phenoxy) is 2. The van der Waals surface area contributed by atoms with Crippen molar-refractivity contribution in [3.8, 4) is 11.5 Å². The molecule has 0 bridgehead atoms. The number of thioether (sulfide) groups is 1. The molecule has 24 heavy (non-hydrogen) atoms. The van der Waals surface area contributed by atoms with Gasteiger partial charge in [-0.2, -0.15) is 0 Å². The number of fused-ring (bicyclic) bond motifs is 1. The summed E-state index contributed by atoms with van der Waals surface area (Å²) in [7, 11) is 0. The second-order valence-corrected chi connectivity index (χ2v) is 6.18. The number of nitrogens with one attached hydrogen (secondary N) is 1. The van der Waals surface area contributed by atoms with Crippen LogP contribution in [0.25, 0.3) is 0 Å². The lowest BCUT2D eigenvalue weighted by Crippen LogP contribution is -2.28. The molecule has 0 unspecified atom stereocenters. The van der Waals surface area contributed by atoms with Gasteiger partial charge in [-0.3, -0.25) is 4.79 Å². The fourth-order valence-corrected chi connectivity index (χ4v) is 3.10. The lowest BCUT2D eigenvalue weighted by atomic mass is 10.1. The highest BCUT2D eigenvalue weighted by Gasteiger charge is 2.17. The van der Waals surface area contributed by atoms with Gasteiger partial charge in [-0.25, -0.2) is 0 Å². The predicted octanol–water partition coefficient (Wildman–Crippen LogP) is 2.64. The van der Waals surface area contributed by atoms with Crippen molar-refractivity contribution in [2.75, 3.05) is 26.0 Å². The fraction of sp³-hybridized carbons (Fsp3) is 0.278. The maximum absolute atomic E-state index is 12.3. The second-order valence-electron chi connectivity index (χ2n) is 5.33. The van der Waals surface area contributed by atoms with Crippen LogP contribution in [0.5, 0.6) is 11.5 Å². The normalized spacial score (nSPS) is 14.1. The van der Waals surface area contributed by atoms with Crippen LogP contribution in [-0.2, 0) is 0 Å². The van der Waals surface area contributed by atoms with Crippen LogP contribution in [0, 0.1) is 0 Å². The molecule has 0 aromatic heterocycles. The zero-order valence-electron chi connectivity index (χ0n) is 13.3. The Morgan fingerprint density at radius 3 is 2.75 bits per heavy atom. The van der Waals surface area contributed by atoms with Crippen molar-refractivity contribution in [1.82, 2.24) is 5.32 Å². The molecular weight excluding hydrogens is 326 g/mol. The monoisotopic (exact) mass is 345 g/mol. The zero-order valence-corrected chi connectivity index (χ0v) is 14.1. The first-order valence-electron chi connectivity index (χ1n) is 7.68. The van der Waals surface area contributed by atoms with E-state index in [9.17, 15) is 9.90 Å². The second kappa shape index (κ2) is 7.59. The minimum Gasteiger partial charge on any atom is -0.486 e. The van der Waals surface area contributed by atoms with Gasteiger partial charge in [0.25, 0.3) is 5.91 Å². The molecule has 126 valence electrons. The van der Waals surface area contributed by atoms with Gasteiger partial charge in [0.15, 0.2) is 11.5 Å². The first kappa shape index (κ1) is 16.7. The van der Waals surface area contributed by atoms with Crippen molar-refractivity contribution in [2.45, 2.75) is 11.0 Å². The Bertz CT molecular complexity index is 735. The first-order valence-corrected chi connectivity index (χ1v) is 8.90. The van der Waals surface area contributed by atoms with Gasteiger partial charge in [-0.1, -0.05) is 18.2 Å². The summed E-state index contributed by atoms with van der Waals surface area (Å²) < 4.78 is 11.0. The summed E-state index contributed by atoms with van der Waals surface area (Å²) in [6.07, 6.45) is 1.11. The van der Waals surface area contributed by atoms with Gasteiger partial charge < -0.3 is 19.9 Å². The Morgan fingerprint density at radius 1 is 1.21 bits per heavy atom. The average molecular weight is 345 g/mol. The number of carbonyl (C=O) groups excluding carboxylic acids is 1. The Morgan fingerprint density at radius 2 is 1.96 bits per heavy atom. The molecule has 2 aromatic rings. The summed E-state index contributed by atoms with van der Waals surface area (Å²) in [5.74, 6) is 1.10. The number of rotatable bonds is 5. The van der Waals surface area contributed by atoms with E-state index in [0.29, 0.717) is 35.8 Å². The molecule has 0 saturated carbocycles. The Labute approximate surface area is 145 Å². The predicted molar refractivity (Wildman–Crippen MR) is 92.9 cm³/mol. The van der Waals surface area contributed by atoms with Gasteiger partial charge in [0.2, 0.25) is 0 Å². The Hall–Kier alpha value is -2.18. The van der Waals surface area contributed by atoms with Gasteiger partial charge in [-0.05, 0) is 36.1 Å². The number of hydrogen-bond acceptors (Lipinski definition) is 5. The minimum atomic E-state index is -0.814. The molecule has 1 atom stereocenters. The molecule has 0 saturated heterocycles. The van der Waals surface area contributed by atoms with Crippen LogP contribution in [0.2, 0.25) is 0 Å². The number of benzene rings is 2. The molecular formula is C18H19NO4S. The zero-order chi connectivity index (χ0) is 16.9. The van der Waals surface area contributed by atoms with Gasteiger partial charge in [-0.15, -0.1) is 11.8 Å². The number of carbonyl (C=O) groups is 1. The molecule has 2 aromatic carbocycles. The van der Waals surface area contributed by atoms with E-state index in [4.69, 9.17) is 9.47 Å². The molecule has 3 rings (SSSR count). The van der Waals surface area contributed by atoms with Crippen LogP contribution in [-0.4, -0.2) is 37.0 Å². The molecule has 0 aliphatic carbocycles. The third kappa shape index (κ3) is 3.66. The van der Waals surface area contributed by atoms with Crippen molar-refractivity contribution in [3.63, 3.8) is 0 Å². The SMILES string of the molecule is CSc1ccccc1C(=O)NC[C@@H](O)c1ccc2c(c1)OCCO2. The maximum Gasteiger partial charge on any atom is 0.252 e. The molecule has 0 radical (unpaired) electrons. The smallest absolute Gasteiger partial charge is 0.252 e. The summed E-state index contributed by atoms with van der Waals surface area (Å²) >= 11 is 1.52. The highest BCUT2D eigenvalue weighted by molar-refractivity contribution is 7.98. The molecule has 5 nitrogen and oxygen atoms in total. The number of aliphatic hydroxyl groups is 1. The third-order valence-corrected chi connectivity index (χ3v) is 4.55.